The Kier molecular flexibility index (Phi) is 9.83. The van der Waals surface area contributed by atoms with Gasteiger partial charge < -0.3 is 36.8 Å². The van der Waals surface area contributed by atoms with Crippen molar-refractivity contribution in [1.82, 2.24) is 0 Å². The van der Waals surface area contributed by atoms with E-state index in [1.165, 1.54) is 42.7 Å². The Hall–Kier alpha value is -1.13. The van der Waals surface area contributed by atoms with Crippen LogP contribution in [0.15, 0.2) is 11.6 Å². The van der Waals surface area contributed by atoms with Crippen LogP contribution in [0, 0.1) is 0 Å². The molecule has 0 aliphatic carbocycles. The zero-order valence-electron chi connectivity index (χ0n) is 16.2. The summed E-state index contributed by atoms with van der Waals surface area (Å²) in [6.45, 7) is 1.79. The standard InChI is InChI=1S/C14H28O10Si2/c1-8-9-14(25(19-2,20-3)21-4,26(22-5,23-6)24-7)11(13(17)18)10-12(15)16/h10H,8-9H2,1-7H3,(H,15,16)(H,17,18). The van der Waals surface area contributed by atoms with E-state index in [0.29, 0.717) is 12.5 Å². The molecule has 0 aliphatic rings. The highest BCUT2D eigenvalue weighted by atomic mass is 28.5. The molecule has 0 heterocycles. The number of hydrogen-bond donors (Lipinski definition) is 2. The van der Waals surface area contributed by atoms with Crippen LogP contribution in [0.5, 0.6) is 0 Å². The summed E-state index contributed by atoms with van der Waals surface area (Å²) in [6.07, 6.45) is 1.07. The third kappa shape index (κ3) is 3.91. The van der Waals surface area contributed by atoms with Crippen molar-refractivity contribution in [3.8, 4) is 0 Å². The van der Waals surface area contributed by atoms with E-state index < -0.39 is 39.8 Å². The van der Waals surface area contributed by atoms with E-state index in [-0.39, 0.29) is 6.42 Å². The molecule has 2 N–H and O–H groups in total. The summed E-state index contributed by atoms with van der Waals surface area (Å²) in [6, 6.07) is 0. The van der Waals surface area contributed by atoms with Crippen LogP contribution >= 0.6 is 0 Å². The van der Waals surface area contributed by atoms with Gasteiger partial charge in [0.05, 0.1) is 5.57 Å². The van der Waals surface area contributed by atoms with Gasteiger partial charge >= 0.3 is 29.5 Å². The van der Waals surface area contributed by atoms with E-state index in [1.54, 1.807) is 6.92 Å². The van der Waals surface area contributed by atoms with Crippen LogP contribution in [0.2, 0.25) is 4.66 Å². The Morgan fingerprint density at radius 3 is 1.38 bits per heavy atom. The van der Waals surface area contributed by atoms with Crippen molar-refractivity contribution >= 4 is 29.5 Å². The van der Waals surface area contributed by atoms with Crippen molar-refractivity contribution in [2.75, 3.05) is 42.7 Å². The maximum Gasteiger partial charge on any atom is 0.516 e. The predicted octanol–water partition coefficient (Wildman–Crippen LogP) is 0.918. The number of rotatable bonds is 13. The number of aliphatic carboxylic acids is 2. The highest BCUT2D eigenvalue weighted by Gasteiger charge is 2.78. The molecule has 0 aromatic carbocycles. The van der Waals surface area contributed by atoms with Crippen LogP contribution < -0.4 is 0 Å². The first-order valence-electron chi connectivity index (χ1n) is 7.67. The summed E-state index contributed by atoms with van der Waals surface area (Å²) in [5, 5.41) is 19.1. The normalized spacial score (nSPS) is 13.7. The van der Waals surface area contributed by atoms with Gasteiger partial charge in [0.25, 0.3) is 0 Å². The van der Waals surface area contributed by atoms with Crippen LogP contribution in [0.25, 0.3) is 0 Å². The summed E-state index contributed by atoms with van der Waals surface area (Å²) in [5.74, 6) is -2.95. The van der Waals surface area contributed by atoms with E-state index in [9.17, 15) is 19.8 Å². The minimum atomic E-state index is -3.93. The average Bonchev–Trinajstić information content (AvgIpc) is 2.62. The summed E-state index contributed by atoms with van der Waals surface area (Å²) < 4.78 is 31.7. The topological polar surface area (TPSA) is 130 Å². The number of carbonyl (C=O) groups is 2. The third-order valence-corrected chi connectivity index (χ3v) is 12.4. The van der Waals surface area contributed by atoms with Gasteiger partial charge in [-0.25, -0.2) is 9.59 Å². The molecule has 0 unspecified atom stereocenters. The zero-order valence-corrected chi connectivity index (χ0v) is 18.2. The van der Waals surface area contributed by atoms with Gasteiger partial charge in [-0.2, -0.15) is 0 Å². The van der Waals surface area contributed by atoms with Gasteiger partial charge in [-0.3, -0.25) is 0 Å². The average molecular weight is 413 g/mol. The van der Waals surface area contributed by atoms with Crippen molar-refractivity contribution in [3.05, 3.63) is 11.6 Å². The first-order valence-corrected chi connectivity index (χ1v) is 11.1. The Morgan fingerprint density at radius 1 is 0.846 bits per heavy atom. The maximum absolute atomic E-state index is 12.1. The van der Waals surface area contributed by atoms with Crippen molar-refractivity contribution < 1.29 is 46.4 Å². The fourth-order valence-corrected chi connectivity index (χ4v) is 11.9. The molecule has 26 heavy (non-hydrogen) atoms. The van der Waals surface area contributed by atoms with Crippen molar-refractivity contribution in [3.63, 3.8) is 0 Å². The Labute approximate surface area is 155 Å². The third-order valence-electron chi connectivity index (χ3n) is 4.24. The molecule has 0 saturated heterocycles. The number of hydrogen-bond acceptors (Lipinski definition) is 8. The highest BCUT2D eigenvalue weighted by Crippen LogP contribution is 2.57. The van der Waals surface area contributed by atoms with Gasteiger partial charge in [0.1, 0.15) is 4.66 Å². The number of carboxylic acid groups (broad SMARTS) is 2. The lowest BCUT2D eigenvalue weighted by molar-refractivity contribution is -0.135. The lowest BCUT2D eigenvalue weighted by atomic mass is 10.1. The van der Waals surface area contributed by atoms with Gasteiger partial charge in [0.15, 0.2) is 0 Å². The smallest absolute Gasteiger partial charge is 0.478 e. The molecular weight excluding hydrogens is 384 g/mol. The first kappa shape index (κ1) is 24.9. The summed E-state index contributed by atoms with van der Waals surface area (Å²) >= 11 is 0. The molecule has 0 rings (SSSR count). The molecule has 0 aromatic rings. The van der Waals surface area contributed by atoms with E-state index in [2.05, 4.69) is 0 Å². The molecule has 12 heteroatoms. The molecule has 0 radical (unpaired) electrons. The Morgan fingerprint density at radius 2 is 1.19 bits per heavy atom. The van der Waals surface area contributed by atoms with E-state index in [4.69, 9.17) is 26.6 Å². The van der Waals surface area contributed by atoms with Crippen molar-refractivity contribution in [1.29, 1.82) is 0 Å². The van der Waals surface area contributed by atoms with Crippen LogP contribution in [0.1, 0.15) is 19.8 Å². The molecule has 10 nitrogen and oxygen atoms in total. The predicted molar refractivity (Wildman–Crippen MR) is 94.5 cm³/mol. The molecule has 0 saturated carbocycles. The van der Waals surface area contributed by atoms with Crippen molar-refractivity contribution in [2.45, 2.75) is 24.4 Å². The second-order valence-corrected chi connectivity index (χ2v) is 12.1. The second-order valence-electron chi connectivity index (χ2n) is 5.19. The lowest BCUT2D eigenvalue weighted by Crippen LogP contribution is -2.70. The van der Waals surface area contributed by atoms with Gasteiger partial charge in [-0.05, 0) is 6.42 Å². The van der Waals surface area contributed by atoms with Gasteiger partial charge in [0.2, 0.25) is 0 Å². The van der Waals surface area contributed by atoms with Crippen LogP contribution in [-0.4, -0.2) is 82.4 Å². The van der Waals surface area contributed by atoms with Crippen LogP contribution in [0.3, 0.4) is 0 Å². The van der Waals surface area contributed by atoms with E-state index in [0.717, 1.165) is 0 Å². The summed E-state index contributed by atoms with van der Waals surface area (Å²) in [4.78, 5) is 23.5. The molecular formula is C14H28O10Si2. The monoisotopic (exact) mass is 412 g/mol. The van der Waals surface area contributed by atoms with Gasteiger partial charge in [-0.1, -0.05) is 13.3 Å². The summed E-state index contributed by atoms with van der Waals surface area (Å²) in [7, 11) is -0.0958. The maximum atomic E-state index is 12.1. The van der Waals surface area contributed by atoms with E-state index >= 15 is 0 Å². The quantitative estimate of drug-likeness (QED) is 0.332. The fourth-order valence-electron chi connectivity index (χ4n) is 3.37. The minimum absolute atomic E-state index is 0.0713. The van der Waals surface area contributed by atoms with E-state index in [1.807, 2.05) is 0 Å². The van der Waals surface area contributed by atoms with Crippen LogP contribution in [0.4, 0.5) is 0 Å². The Bertz CT molecular complexity index is 477. The molecule has 0 atom stereocenters. The summed E-state index contributed by atoms with van der Waals surface area (Å²) in [5.41, 5.74) is -0.527. The van der Waals surface area contributed by atoms with Crippen molar-refractivity contribution in [2.24, 2.45) is 0 Å². The molecule has 0 aromatic heterocycles. The second kappa shape index (κ2) is 10.3. The van der Waals surface area contributed by atoms with Gasteiger partial charge in [0, 0.05) is 48.7 Å². The SMILES string of the molecule is CCCC(C(=CC(=O)O)C(=O)O)([Si](OC)(OC)OC)[Si](OC)(OC)OC. The minimum Gasteiger partial charge on any atom is -0.478 e. The lowest BCUT2D eigenvalue weighted by Gasteiger charge is -2.49. The number of carboxylic acids is 2. The molecule has 152 valence electrons. The molecule has 0 spiro atoms. The molecule has 0 bridgehead atoms. The Balaban J connectivity index is 7.42. The zero-order chi connectivity index (χ0) is 20.6. The largest absolute Gasteiger partial charge is 0.516 e. The van der Waals surface area contributed by atoms with Gasteiger partial charge in [-0.15, -0.1) is 0 Å². The molecule has 0 fully saturated rings. The molecule has 0 aliphatic heterocycles. The highest BCUT2D eigenvalue weighted by molar-refractivity contribution is 6.87. The molecule has 0 amide bonds. The fraction of sp³-hybridized carbons (Fsp3) is 0.714. The van der Waals surface area contributed by atoms with Crippen LogP contribution in [-0.2, 0) is 36.1 Å². The first-order chi connectivity index (χ1) is 12.2.